The Labute approximate surface area is 245 Å². The highest BCUT2D eigenvalue weighted by Crippen LogP contribution is 2.45. The predicted molar refractivity (Wildman–Crippen MR) is 175 cm³/mol. The molecular formula is C40H22F2O. The Balaban J connectivity index is 1.36. The minimum Gasteiger partial charge on any atom is -0.455 e. The number of hydrogen-bond acceptors (Lipinski definition) is 1. The van der Waals surface area contributed by atoms with Crippen molar-refractivity contribution >= 4 is 65.0 Å². The molecule has 0 aliphatic rings. The molecule has 0 aliphatic heterocycles. The quantitative estimate of drug-likeness (QED) is 0.193. The fourth-order valence-electron chi connectivity index (χ4n) is 6.90. The van der Waals surface area contributed by atoms with E-state index in [4.69, 9.17) is 4.42 Å². The maximum Gasteiger partial charge on any atom is 0.143 e. The van der Waals surface area contributed by atoms with Gasteiger partial charge in [-0.05, 0) is 44.8 Å². The highest BCUT2D eigenvalue weighted by molar-refractivity contribution is 6.20. The Morgan fingerprint density at radius 3 is 1.33 bits per heavy atom. The van der Waals surface area contributed by atoms with Gasteiger partial charge in [0.2, 0.25) is 0 Å². The van der Waals surface area contributed by atoms with Gasteiger partial charge < -0.3 is 4.42 Å². The predicted octanol–water partition coefficient (Wildman–Crippen LogP) is 11.8. The largest absolute Gasteiger partial charge is 0.455 e. The Hall–Kier alpha value is -5.54. The molecule has 0 aliphatic carbocycles. The van der Waals surface area contributed by atoms with E-state index in [-0.39, 0.29) is 11.6 Å². The maximum atomic E-state index is 15.6. The van der Waals surface area contributed by atoms with E-state index in [1.165, 1.54) is 0 Å². The molecule has 0 atom stereocenters. The van der Waals surface area contributed by atoms with E-state index in [0.717, 1.165) is 65.7 Å². The van der Waals surface area contributed by atoms with Crippen LogP contribution in [0.15, 0.2) is 138 Å². The second-order valence-corrected chi connectivity index (χ2v) is 11.1. The molecule has 1 aromatic heterocycles. The second kappa shape index (κ2) is 8.98. The van der Waals surface area contributed by atoms with Gasteiger partial charge in [0.25, 0.3) is 0 Å². The van der Waals surface area contributed by atoms with Crippen LogP contribution in [0, 0.1) is 11.6 Å². The minimum absolute atomic E-state index is 0.201. The van der Waals surface area contributed by atoms with Gasteiger partial charge >= 0.3 is 0 Å². The van der Waals surface area contributed by atoms with Crippen LogP contribution in [0.25, 0.3) is 87.3 Å². The average molecular weight is 557 g/mol. The van der Waals surface area contributed by atoms with Crippen LogP contribution in [0.3, 0.4) is 0 Å². The first-order valence-electron chi connectivity index (χ1n) is 14.3. The lowest BCUT2D eigenvalue weighted by molar-refractivity contribution is 0.651. The molecule has 43 heavy (non-hydrogen) atoms. The van der Waals surface area contributed by atoms with Gasteiger partial charge in [-0.3, -0.25) is 0 Å². The van der Waals surface area contributed by atoms with Crippen LogP contribution >= 0.6 is 0 Å². The van der Waals surface area contributed by atoms with Crippen molar-refractivity contribution < 1.29 is 13.2 Å². The summed E-state index contributed by atoms with van der Waals surface area (Å²) in [5.74, 6) is -0.414. The fraction of sp³-hybridized carbons (Fsp3) is 0. The molecule has 0 unspecified atom stereocenters. The molecule has 1 nitrogen and oxygen atoms in total. The lowest BCUT2D eigenvalue weighted by Gasteiger charge is -2.14. The van der Waals surface area contributed by atoms with Crippen molar-refractivity contribution in [1.82, 2.24) is 0 Å². The van der Waals surface area contributed by atoms with Crippen LogP contribution in [0.1, 0.15) is 0 Å². The van der Waals surface area contributed by atoms with Gasteiger partial charge in [-0.25, -0.2) is 8.78 Å². The standard InChI is InChI=1S/C40H22F2O/c41-38-28-14-5-1-10-24(28)36(25-11-2-6-15-29(25)38)23-20-21-35-34(22-23)32-18-9-19-33(40(32)43-35)37-26-12-3-7-16-30(26)39(42)31-17-8-4-13-27(31)37/h1-22H. The molecule has 8 aromatic carbocycles. The zero-order valence-corrected chi connectivity index (χ0v) is 22.9. The topological polar surface area (TPSA) is 13.1 Å². The van der Waals surface area contributed by atoms with Crippen molar-refractivity contribution in [2.75, 3.05) is 0 Å². The van der Waals surface area contributed by atoms with E-state index < -0.39 is 0 Å². The summed E-state index contributed by atoms with van der Waals surface area (Å²) in [6, 6.07) is 43.0. The highest BCUT2D eigenvalue weighted by atomic mass is 19.1. The first kappa shape index (κ1) is 24.1. The summed E-state index contributed by atoms with van der Waals surface area (Å²) in [6.45, 7) is 0. The molecule has 0 spiro atoms. The van der Waals surface area contributed by atoms with Crippen LogP contribution in [0.2, 0.25) is 0 Å². The Kier molecular flexibility index (Phi) is 5.03. The Morgan fingerprint density at radius 2 is 0.814 bits per heavy atom. The number of fused-ring (bicyclic) bond motifs is 7. The third-order valence-electron chi connectivity index (χ3n) is 8.79. The highest BCUT2D eigenvalue weighted by Gasteiger charge is 2.21. The Bertz CT molecular complexity index is 2480. The summed E-state index contributed by atoms with van der Waals surface area (Å²) >= 11 is 0. The monoisotopic (exact) mass is 556 g/mol. The fourth-order valence-corrected chi connectivity index (χ4v) is 6.90. The van der Waals surface area contributed by atoms with E-state index in [1.54, 1.807) is 0 Å². The van der Waals surface area contributed by atoms with Crippen LogP contribution in [0.4, 0.5) is 8.78 Å². The SMILES string of the molecule is Fc1c2ccccc2c(-c2ccc3oc4c(-c5c6ccccc6c(F)c6ccccc56)cccc4c3c2)c2ccccc12. The van der Waals surface area contributed by atoms with Gasteiger partial charge in [-0.2, -0.15) is 0 Å². The molecule has 0 saturated carbocycles. The lowest BCUT2D eigenvalue weighted by atomic mass is 9.90. The summed E-state index contributed by atoms with van der Waals surface area (Å²) < 4.78 is 37.8. The summed E-state index contributed by atoms with van der Waals surface area (Å²) in [5, 5.41) is 7.75. The number of furan rings is 1. The maximum absolute atomic E-state index is 15.6. The van der Waals surface area contributed by atoms with E-state index in [1.807, 2.05) is 109 Å². The normalized spacial score (nSPS) is 12.0. The lowest BCUT2D eigenvalue weighted by Crippen LogP contribution is -1.90. The molecule has 0 bridgehead atoms. The van der Waals surface area contributed by atoms with Gasteiger partial charge in [0.1, 0.15) is 22.8 Å². The van der Waals surface area contributed by atoms with Crippen molar-refractivity contribution in [3.63, 3.8) is 0 Å². The number of benzene rings is 8. The van der Waals surface area contributed by atoms with Crippen LogP contribution in [-0.2, 0) is 0 Å². The third-order valence-corrected chi connectivity index (χ3v) is 8.79. The number of hydrogen-bond donors (Lipinski definition) is 0. The summed E-state index contributed by atoms with van der Waals surface area (Å²) in [6.07, 6.45) is 0. The molecule has 202 valence electrons. The number of rotatable bonds is 2. The third kappa shape index (κ3) is 3.36. The second-order valence-electron chi connectivity index (χ2n) is 11.1. The molecule has 9 aromatic rings. The zero-order valence-electron chi connectivity index (χ0n) is 22.9. The van der Waals surface area contributed by atoms with Crippen LogP contribution < -0.4 is 0 Å². The van der Waals surface area contributed by atoms with Gasteiger partial charge in [0.05, 0.1) is 0 Å². The van der Waals surface area contributed by atoms with Crippen LogP contribution in [0.5, 0.6) is 0 Å². The van der Waals surface area contributed by atoms with Crippen molar-refractivity contribution in [3.8, 4) is 22.3 Å². The summed E-state index contributed by atoms with van der Waals surface area (Å²) in [7, 11) is 0. The summed E-state index contributed by atoms with van der Waals surface area (Å²) in [5.41, 5.74) is 5.37. The van der Waals surface area contributed by atoms with Crippen molar-refractivity contribution in [2.24, 2.45) is 0 Å². The summed E-state index contributed by atoms with van der Waals surface area (Å²) in [4.78, 5) is 0. The van der Waals surface area contributed by atoms with Crippen molar-refractivity contribution in [1.29, 1.82) is 0 Å². The first-order valence-corrected chi connectivity index (χ1v) is 14.3. The average Bonchev–Trinajstić information content (AvgIpc) is 3.44. The first-order chi connectivity index (χ1) is 21.2. The molecule has 1 heterocycles. The molecule has 9 rings (SSSR count). The minimum atomic E-state index is -0.213. The molecular weight excluding hydrogens is 534 g/mol. The van der Waals surface area contributed by atoms with Gasteiger partial charge in [-0.15, -0.1) is 0 Å². The van der Waals surface area contributed by atoms with Gasteiger partial charge in [0, 0.05) is 43.4 Å². The van der Waals surface area contributed by atoms with Gasteiger partial charge in [-0.1, -0.05) is 121 Å². The molecule has 0 fully saturated rings. The molecule has 0 saturated heterocycles. The van der Waals surface area contributed by atoms with E-state index in [2.05, 4.69) is 24.3 Å². The van der Waals surface area contributed by atoms with E-state index in [0.29, 0.717) is 21.5 Å². The molecule has 0 N–H and O–H groups in total. The molecule has 0 amide bonds. The smallest absolute Gasteiger partial charge is 0.143 e. The number of halogens is 2. The molecule has 3 heteroatoms. The molecule has 0 radical (unpaired) electrons. The van der Waals surface area contributed by atoms with E-state index >= 15 is 8.78 Å². The van der Waals surface area contributed by atoms with Crippen molar-refractivity contribution in [2.45, 2.75) is 0 Å². The van der Waals surface area contributed by atoms with Gasteiger partial charge in [0.15, 0.2) is 0 Å². The zero-order chi connectivity index (χ0) is 28.7. The van der Waals surface area contributed by atoms with Crippen molar-refractivity contribution in [3.05, 3.63) is 145 Å². The Morgan fingerprint density at radius 1 is 0.372 bits per heavy atom. The van der Waals surface area contributed by atoms with Crippen LogP contribution in [-0.4, -0.2) is 0 Å². The number of para-hydroxylation sites is 1. The van der Waals surface area contributed by atoms with E-state index in [9.17, 15) is 0 Å².